The first-order chi connectivity index (χ1) is 16.3. The van der Waals surface area contributed by atoms with Gasteiger partial charge >= 0.3 is 0 Å². The number of nitrogens with zero attached hydrogens (tertiary/aromatic N) is 1. The van der Waals surface area contributed by atoms with Crippen LogP contribution in [0.3, 0.4) is 0 Å². The van der Waals surface area contributed by atoms with E-state index >= 15 is 0 Å². The largest absolute Gasteiger partial charge is 0.492 e. The molecule has 2 N–H and O–H groups in total. The number of hydrogen-bond donors (Lipinski definition) is 2. The summed E-state index contributed by atoms with van der Waals surface area (Å²) in [5.41, 5.74) is 1.58. The Morgan fingerprint density at radius 3 is 1.85 bits per heavy atom. The number of aryl methyl sites for hydroxylation is 1. The van der Waals surface area contributed by atoms with E-state index in [0.717, 1.165) is 0 Å². The van der Waals surface area contributed by atoms with E-state index < -0.39 is 10.8 Å². The lowest BCUT2D eigenvalue weighted by Crippen LogP contribution is -2.16. The van der Waals surface area contributed by atoms with Crippen LogP contribution in [0.25, 0.3) is 0 Å². The van der Waals surface area contributed by atoms with Crippen LogP contribution in [-0.2, 0) is 0 Å². The molecule has 0 unspecified atom stereocenters. The zero-order valence-corrected chi connectivity index (χ0v) is 19.1. The first-order valence-electron chi connectivity index (χ1n) is 10.7. The summed E-state index contributed by atoms with van der Waals surface area (Å²) >= 11 is 0. The summed E-state index contributed by atoms with van der Waals surface area (Å²) in [5, 5.41) is 16.8. The van der Waals surface area contributed by atoms with Gasteiger partial charge in [0.15, 0.2) is 0 Å². The van der Waals surface area contributed by atoms with Crippen molar-refractivity contribution in [2.45, 2.75) is 20.8 Å². The van der Waals surface area contributed by atoms with E-state index in [1.807, 2.05) is 6.07 Å². The Morgan fingerprint density at radius 2 is 1.35 bits per heavy atom. The molecule has 0 saturated carbocycles. The third kappa shape index (κ3) is 5.69. The van der Waals surface area contributed by atoms with Gasteiger partial charge in [0.2, 0.25) is 0 Å². The van der Waals surface area contributed by atoms with Gasteiger partial charge in [-0.05, 0) is 39.0 Å². The monoisotopic (exact) mass is 463 g/mol. The molecule has 3 aromatic rings. The summed E-state index contributed by atoms with van der Waals surface area (Å²) in [6.07, 6.45) is 0. The minimum Gasteiger partial charge on any atom is -0.492 e. The van der Waals surface area contributed by atoms with Crippen molar-refractivity contribution >= 4 is 28.9 Å². The van der Waals surface area contributed by atoms with Gasteiger partial charge in [-0.2, -0.15) is 0 Å². The number of nitro benzene ring substituents is 1. The van der Waals surface area contributed by atoms with Gasteiger partial charge in [-0.1, -0.05) is 24.3 Å². The van der Waals surface area contributed by atoms with Gasteiger partial charge in [0.1, 0.15) is 11.5 Å². The molecule has 0 radical (unpaired) electrons. The highest BCUT2D eigenvalue weighted by Gasteiger charge is 2.19. The number of nitrogens with one attached hydrogen (secondary N) is 2. The fourth-order valence-electron chi connectivity index (χ4n) is 3.23. The number of anilines is 2. The Kier molecular flexibility index (Phi) is 7.81. The minimum absolute atomic E-state index is 0.124. The Labute approximate surface area is 196 Å². The van der Waals surface area contributed by atoms with Crippen molar-refractivity contribution < 1.29 is 24.0 Å². The first kappa shape index (κ1) is 24.2. The van der Waals surface area contributed by atoms with Crippen LogP contribution in [0.5, 0.6) is 11.5 Å². The molecular weight excluding hydrogens is 438 g/mol. The third-order valence-corrected chi connectivity index (χ3v) is 4.88. The van der Waals surface area contributed by atoms with Crippen molar-refractivity contribution in [3.8, 4) is 11.5 Å². The zero-order valence-electron chi connectivity index (χ0n) is 19.1. The summed E-state index contributed by atoms with van der Waals surface area (Å²) < 4.78 is 11.4. The predicted octanol–water partition coefficient (Wildman–Crippen LogP) is 5.21. The van der Waals surface area contributed by atoms with Crippen LogP contribution in [0.4, 0.5) is 17.1 Å². The molecule has 0 bridgehead atoms. The SMILES string of the molecule is CCOc1cc(NC(=O)c2ccc(C)c([N+](=O)[O-])c2)c(OCC)cc1NC(=O)c1ccccc1. The van der Waals surface area contributed by atoms with Crippen molar-refractivity contribution in [1.29, 1.82) is 0 Å². The van der Waals surface area contributed by atoms with Gasteiger partial charge in [-0.15, -0.1) is 0 Å². The fourth-order valence-corrected chi connectivity index (χ4v) is 3.23. The molecule has 0 aromatic heterocycles. The molecule has 34 heavy (non-hydrogen) atoms. The van der Waals surface area contributed by atoms with Crippen molar-refractivity contribution in [3.05, 3.63) is 87.5 Å². The molecule has 0 saturated heterocycles. The maximum atomic E-state index is 12.9. The molecule has 9 nitrogen and oxygen atoms in total. The van der Waals surface area contributed by atoms with Crippen LogP contribution in [0.15, 0.2) is 60.7 Å². The number of nitro groups is 1. The Bertz CT molecular complexity index is 1210. The molecule has 3 rings (SSSR count). The molecule has 0 aliphatic carbocycles. The third-order valence-electron chi connectivity index (χ3n) is 4.88. The van der Waals surface area contributed by atoms with Crippen LogP contribution >= 0.6 is 0 Å². The standard InChI is InChI=1S/C25H25N3O6/c1-4-33-22-15-20(27-25(30)18-12-11-16(3)21(13-18)28(31)32)23(34-5-2)14-19(22)26-24(29)17-9-7-6-8-10-17/h6-15H,4-5H2,1-3H3,(H,26,29)(H,27,30). The van der Waals surface area contributed by atoms with Gasteiger partial charge in [-0.3, -0.25) is 19.7 Å². The topological polar surface area (TPSA) is 120 Å². The molecule has 176 valence electrons. The molecule has 0 heterocycles. The molecule has 3 aromatic carbocycles. The first-order valence-corrected chi connectivity index (χ1v) is 10.7. The average Bonchev–Trinajstić information content (AvgIpc) is 2.82. The van der Waals surface area contributed by atoms with Crippen molar-refractivity contribution in [2.75, 3.05) is 23.8 Å². The molecule has 0 fully saturated rings. The molecule has 9 heteroatoms. The smallest absolute Gasteiger partial charge is 0.273 e. The van der Waals surface area contributed by atoms with Crippen LogP contribution in [0.1, 0.15) is 40.1 Å². The molecule has 0 aliphatic rings. The van der Waals surface area contributed by atoms with E-state index in [2.05, 4.69) is 10.6 Å². The second-order valence-electron chi connectivity index (χ2n) is 7.24. The maximum Gasteiger partial charge on any atom is 0.273 e. The summed E-state index contributed by atoms with van der Waals surface area (Å²) in [4.78, 5) is 36.3. The number of amides is 2. The van der Waals surface area contributed by atoms with Crippen molar-refractivity contribution in [2.24, 2.45) is 0 Å². The van der Waals surface area contributed by atoms with E-state index in [1.165, 1.54) is 18.2 Å². The van der Waals surface area contributed by atoms with Gasteiger partial charge in [-0.25, -0.2) is 0 Å². The summed E-state index contributed by atoms with van der Waals surface area (Å²) in [6.45, 7) is 5.80. The van der Waals surface area contributed by atoms with Crippen LogP contribution in [-0.4, -0.2) is 30.0 Å². The highest BCUT2D eigenvalue weighted by molar-refractivity contribution is 6.07. The molecular formula is C25H25N3O6. The average molecular weight is 463 g/mol. The highest BCUT2D eigenvalue weighted by atomic mass is 16.6. The maximum absolute atomic E-state index is 12.9. The molecule has 0 spiro atoms. The van der Waals surface area contributed by atoms with Gasteiger partial charge in [0.25, 0.3) is 17.5 Å². The van der Waals surface area contributed by atoms with E-state index in [9.17, 15) is 19.7 Å². The van der Waals surface area contributed by atoms with E-state index in [4.69, 9.17) is 9.47 Å². The lowest BCUT2D eigenvalue weighted by atomic mass is 10.1. The second-order valence-corrected chi connectivity index (χ2v) is 7.24. The Balaban J connectivity index is 1.94. The van der Waals surface area contributed by atoms with E-state index in [0.29, 0.717) is 47.2 Å². The minimum atomic E-state index is -0.549. The number of carbonyl (C=O) groups is 2. The van der Waals surface area contributed by atoms with Gasteiger partial charge in [0, 0.05) is 34.9 Å². The Hall–Kier alpha value is -4.40. The molecule has 0 atom stereocenters. The van der Waals surface area contributed by atoms with E-state index in [1.54, 1.807) is 57.2 Å². The summed E-state index contributed by atoms with van der Waals surface area (Å²) in [5.74, 6) is -0.231. The van der Waals surface area contributed by atoms with Gasteiger partial charge in [0.05, 0.1) is 29.5 Å². The number of ether oxygens (including phenoxy) is 2. The van der Waals surface area contributed by atoms with Crippen molar-refractivity contribution in [3.63, 3.8) is 0 Å². The van der Waals surface area contributed by atoms with Crippen LogP contribution < -0.4 is 20.1 Å². The van der Waals surface area contributed by atoms with Crippen LogP contribution in [0.2, 0.25) is 0 Å². The summed E-state index contributed by atoms with van der Waals surface area (Å²) in [7, 11) is 0. The highest BCUT2D eigenvalue weighted by Crippen LogP contribution is 2.37. The lowest BCUT2D eigenvalue weighted by molar-refractivity contribution is -0.385. The lowest BCUT2D eigenvalue weighted by Gasteiger charge is -2.18. The number of hydrogen-bond acceptors (Lipinski definition) is 6. The number of rotatable bonds is 9. The fraction of sp³-hybridized carbons (Fsp3) is 0.200. The van der Waals surface area contributed by atoms with Gasteiger partial charge < -0.3 is 20.1 Å². The van der Waals surface area contributed by atoms with E-state index in [-0.39, 0.29) is 17.2 Å². The van der Waals surface area contributed by atoms with Crippen LogP contribution in [0, 0.1) is 17.0 Å². The zero-order chi connectivity index (χ0) is 24.7. The normalized spacial score (nSPS) is 10.3. The summed E-state index contributed by atoms with van der Waals surface area (Å²) in [6, 6.07) is 16.1. The predicted molar refractivity (Wildman–Crippen MR) is 129 cm³/mol. The second kappa shape index (κ2) is 11.0. The quantitative estimate of drug-likeness (QED) is 0.332. The molecule has 2 amide bonds. The number of benzene rings is 3. The Morgan fingerprint density at radius 1 is 0.824 bits per heavy atom. The number of carbonyl (C=O) groups excluding carboxylic acids is 2. The molecule has 0 aliphatic heterocycles. The van der Waals surface area contributed by atoms with Crippen molar-refractivity contribution in [1.82, 2.24) is 0 Å².